The molecule has 2 fully saturated rings. The number of hydrogen-bond donors (Lipinski definition) is 0. The number of carbonyl (C=O) groups is 1. The van der Waals surface area contributed by atoms with Crippen LogP contribution in [-0.2, 0) is 16.0 Å². The molecule has 3 aromatic rings. The molecule has 3 aliphatic rings. The van der Waals surface area contributed by atoms with Crippen LogP contribution in [0, 0.1) is 11.3 Å². The van der Waals surface area contributed by atoms with Gasteiger partial charge in [-0.3, -0.25) is 4.79 Å². The van der Waals surface area contributed by atoms with Gasteiger partial charge in [0.25, 0.3) is 5.91 Å². The first kappa shape index (κ1) is 25.0. The van der Waals surface area contributed by atoms with Gasteiger partial charge in [0.2, 0.25) is 0 Å². The number of fused-ring (bicyclic) bond motifs is 1. The molecule has 3 heterocycles. The van der Waals surface area contributed by atoms with Crippen molar-refractivity contribution in [1.82, 2.24) is 19.9 Å². The van der Waals surface area contributed by atoms with Crippen molar-refractivity contribution in [3.05, 3.63) is 86.9 Å². The smallest absolute Gasteiger partial charge is 0.258 e. The summed E-state index contributed by atoms with van der Waals surface area (Å²) in [6.45, 7) is 0.479. The van der Waals surface area contributed by atoms with Gasteiger partial charge in [0.15, 0.2) is 0 Å². The summed E-state index contributed by atoms with van der Waals surface area (Å²) in [6.07, 6.45) is 7.98. The van der Waals surface area contributed by atoms with Crippen LogP contribution >= 0.6 is 23.2 Å². The number of nitrogens with zero attached hydrogens (tertiary/aromatic N) is 5. The largest absolute Gasteiger partial charge is 0.498 e. The molecule has 6 rings (SSSR count). The van der Waals surface area contributed by atoms with Gasteiger partial charge >= 0.3 is 0 Å². The van der Waals surface area contributed by atoms with E-state index in [1.54, 1.807) is 37.4 Å². The summed E-state index contributed by atoms with van der Waals surface area (Å²) in [6, 6.07) is 14.8. The van der Waals surface area contributed by atoms with Gasteiger partial charge in [-0.2, -0.15) is 5.26 Å². The SMILES string of the molecule is COC1=C(c2cc(Cl)cc(Cl)c2)C(=O)N2C[C@@H](n3cc(C4CCCC4)nn3)C[C@@]12Cc1ccc(C#N)cc1. The van der Waals surface area contributed by atoms with E-state index in [1.807, 2.05) is 21.7 Å². The molecule has 1 aliphatic carbocycles. The van der Waals surface area contributed by atoms with E-state index in [4.69, 9.17) is 27.9 Å². The Morgan fingerprint density at radius 3 is 2.50 bits per heavy atom. The zero-order valence-electron chi connectivity index (χ0n) is 21.0. The number of rotatable bonds is 6. The molecule has 1 amide bonds. The van der Waals surface area contributed by atoms with E-state index in [-0.39, 0.29) is 11.9 Å². The van der Waals surface area contributed by atoms with Gasteiger partial charge < -0.3 is 9.64 Å². The lowest BCUT2D eigenvalue weighted by Gasteiger charge is -2.34. The third kappa shape index (κ3) is 4.16. The number of hydrogen-bond acceptors (Lipinski definition) is 5. The molecule has 1 saturated carbocycles. The van der Waals surface area contributed by atoms with Gasteiger partial charge in [0, 0.05) is 41.5 Å². The molecule has 1 saturated heterocycles. The Morgan fingerprint density at radius 2 is 1.84 bits per heavy atom. The van der Waals surface area contributed by atoms with Crippen molar-refractivity contribution in [1.29, 1.82) is 5.26 Å². The Labute approximate surface area is 231 Å². The predicted molar refractivity (Wildman–Crippen MR) is 145 cm³/mol. The quantitative estimate of drug-likeness (QED) is 0.381. The van der Waals surface area contributed by atoms with Gasteiger partial charge in [-0.05, 0) is 54.3 Å². The molecule has 7 nitrogen and oxygen atoms in total. The Bertz CT molecular complexity index is 1450. The fourth-order valence-corrected chi connectivity index (χ4v) is 7.02. The van der Waals surface area contributed by atoms with Crippen LogP contribution in [0.25, 0.3) is 5.57 Å². The van der Waals surface area contributed by atoms with E-state index in [2.05, 4.69) is 22.6 Å². The van der Waals surface area contributed by atoms with Crippen molar-refractivity contribution in [3.8, 4) is 6.07 Å². The van der Waals surface area contributed by atoms with Crippen molar-refractivity contribution in [3.63, 3.8) is 0 Å². The maximum Gasteiger partial charge on any atom is 0.258 e. The number of methoxy groups -OCH3 is 1. The second kappa shape index (κ2) is 9.76. The molecule has 2 atom stereocenters. The third-order valence-electron chi connectivity index (χ3n) is 8.20. The summed E-state index contributed by atoms with van der Waals surface area (Å²) in [5.74, 6) is 0.948. The molecule has 9 heteroatoms. The first-order chi connectivity index (χ1) is 18.4. The highest BCUT2D eigenvalue weighted by Gasteiger charge is 2.59. The maximum absolute atomic E-state index is 14.1. The lowest BCUT2D eigenvalue weighted by molar-refractivity contribution is -0.126. The Hall–Kier alpha value is -3.34. The van der Waals surface area contributed by atoms with Crippen molar-refractivity contribution in [2.75, 3.05) is 13.7 Å². The van der Waals surface area contributed by atoms with Gasteiger partial charge in [0.05, 0.1) is 36.1 Å². The van der Waals surface area contributed by atoms with Crippen LogP contribution in [0.1, 0.15) is 66.4 Å². The second-order valence-electron chi connectivity index (χ2n) is 10.5. The average molecular weight is 548 g/mol. The maximum atomic E-state index is 14.1. The molecule has 0 unspecified atom stereocenters. The zero-order chi connectivity index (χ0) is 26.4. The summed E-state index contributed by atoms with van der Waals surface area (Å²) in [5, 5.41) is 19.2. The molecule has 2 aromatic carbocycles. The highest BCUT2D eigenvalue weighted by Crippen LogP contribution is 2.52. The van der Waals surface area contributed by atoms with Gasteiger partial charge in [0.1, 0.15) is 11.3 Å². The van der Waals surface area contributed by atoms with Crippen LogP contribution in [0.5, 0.6) is 0 Å². The van der Waals surface area contributed by atoms with Crippen LogP contribution in [0.2, 0.25) is 10.0 Å². The number of ether oxygens (including phenoxy) is 1. The number of carbonyl (C=O) groups excluding carboxylic acids is 1. The topological polar surface area (TPSA) is 84.0 Å². The van der Waals surface area contributed by atoms with Gasteiger partial charge in [-0.25, -0.2) is 4.68 Å². The molecular formula is C29H27Cl2N5O2. The normalized spacial score (nSPS) is 23.3. The van der Waals surface area contributed by atoms with E-state index >= 15 is 0 Å². The Morgan fingerprint density at radius 1 is 1.13 bits per heavy atom. The summed E-state index contributed by atoms with van der Waals surface area (Å²) in [5.41, 5.74) is 3.03. The lowest BCUT2D eigenvalue weighted by atomic mass is 9.85. The molecule has 1 aromatic heterocycles. The number of amides is 1. The summed E-state index contributed by atoms with van der Waals surface area (Å²) >= 11 is 12.6. The number of nitriles is 1. The summed E-state index contributed by atoms with van der Waals surface area (Å²) < 4.78 is 8.00. The van der Waals surface area contributed by atoms with Crippen LogP contribution < -0.4 is 0 Å². The van der Waals surface area contributed by atoms with Crippen molar-refractivity contribution < 1.29 is 9.53 Å². The van der Waals surface area contributed by atoms with Gasteiger partial charge in [-0.15, -0.1) is 5.10 Å². The number of halogens is 2. The van der Waals surface area contributed by atoms with E-state index in [9.17, 15) is 10.1 Å². The van der Waals surface area contributed by atoms with E-state index in [1.165, 1.54) is 12.8 Å². The van der Waals surface area contributed by atoms with Crippen LogP contribution in [0.4, 0.5) is 0 Å². The van der Waals surface area contributed by atoms with E-state index in [0.717, 1.165) is 24.1 Å². The predicted octanol–water partition coefficient (Wildman–Crippen LogP) is 5.94. The molecule has 38 heavy (non-hydrogen) atoms. The first-order valence-corrected chi connectivity index (χ1v) is 13.7. The minimum Gasteiger partial charge on any atom is -0.498 e. The van der Waals surface area contributed by atoms with Crippen molar-refractivity contribution in [2.45, 2.75) is 56.0 Å². The Balaban J connectivity index is 1.43. The summed E-state index contributed by atoms with van der Waals surface area (Å²) in [7, 11) is 1.61. The number of benzene rings is 2. The molecule has 0 N–H and O–H groups in total. The molecule has 0 bridgehead atoms. The monoisotopic (exact) mass is 547 g/mol. The lowest BCUT2D eigenvalue weighted by Crippen LogP contribution is -2.45. The van der Waals surface area contributed by atoms with Gasteiger partial charge in [-0.1, -0.05) is 53.4 Å². The van der Waals surface area contributed by atoms with E-state index in [0.29, 0.717) is 57.8 Å². The minimum absolute atomic E-state index is 0.0466. The van der Waals surface area contributed by atoms with E-state index < -0.39 is 5.54 Å². The molecule has 2 aliphatic heterocycles. The molecule has 0 spiro atoms. The minimum atomic E-state index is -0.728. The fraction of sp³-hybridized carbons (Fsp3) is 0.379. The van der Waals surface area contributed by atoms with Crippen molar-refractivity contribution >= 4 is 34.7 Å². The zero-order valence-corrected chi connectivity index (χ0v) is 22.5. The standard InChI is InChI=1S/C29H27Cl2N5O2/c1-38-27-26(21-10-22(30)12-23(31)11-21)28(37)35-16-24(36-17-25(33-34-36)20-4-2-3-5-20)14-29(27,35)13-18-6-8-19(15-32)9-7-18/h6-12,17,20,24H,2-5,13-14,16H2,1H3/t24-,29-/m0/s1. The number of aromatic nitrogens is 3. The Kier molecular flexibility index (Phi) is 6.41. The third-order valence-corrected chi connectivity index (χ3v) is 8.64. The van der Waals surface area contributed by atoms with Crippen LogP contribution in [-0.4, -0.2) is 45.0 Å². The van der Waals surface area contributed by atoms with Crippen LogP contribution in [0.3, 0.4) is 0 Å². The highest BCUT2D eigenvalue weighted by atomic mass is 35.5. The summed E-state index contributed by atoms with van der Waals surface area (Å²) in [4.78, 5) is 16.0. The molecular weight excluding hydrogens is 521 g/mol. The molecule has 194 valence electrons. The van der Waals surface area contributed by atoms with Crippen LogP contribution in [0.15, 0.2) is 54.4 Å². The average Bonchev–Trinajstić information content (AvgIpc) is 3.68. The van der Waals surface area contributed by atoms with Crippen molar-refractivity contribution in [2.24, 2.45) is 0 Å². The molecule has 0 radical (unpaired) electrons. The first-order valence-electron chi connectivity index (χ1n) is 12.9. The fourth-order valence-electron chi connectivity index (χ4n) is 6.49. The second-order valence-corrected chi connectivity index (χ2v) is 11.3. The highest BCUT2D eigenvalue weighted by molar-refractivity contribution is 6.35.